The molecule has 0 saturated heterocycles. The van der Waals surface area contributed by atoms with Gasteiger partial charge in [0.05, 0.1) is 12.1 Å². The topological polar surface area (TPSA) is 41.6 Å². The van der Waals surface area contributed by atoms with Crippen LogP contribution in [-0.2, 0) is 9.53 Å². The highest BCUT2D eigenvalue weighted by Gasteiger charge is 2.20. The number of hydrogen-bond donors (Lipinski definition) is 1. The van der Waals surface area contributed by atoms with E-state index in [-0.39, 0.29) is 17.6 Å². The largest absolute Gasteiger partial charge is 0.379 e. The van der Waals surface area contributed by atoms with Gasteiger partial charge in [0, 0.05) is 26.7 Å². The highest BCUT2D eigenvalue weighted by Crippen LogP contribution is 2.15. The van der Waals surface area contributed by atoms with Gasteiger partial charge in [0.25, 0.3) is 0 Å². The number of carbonyl (C=O) groups is 1. The summed E-state index contributed by atoms with van der Waals surface area (Å²) in [7, 11) is 3.52. The van der Waals surface area contributed by atoms with Crippen molar-refractivity contribution in [3.63, 3.8) is 0 Å². The molecule has 0 aromatic heterocycles. The minimum absolute atomic E-state index is 0.129. The quantitative estimate of drug-likeness (QED) is 0.716. The normalized spacial score (nSPS) is 13.6. The van der Waals surface area contributed by atoms with Gasteiger partial charge in [0.1, 0.15) is 0 Å². The van der Waals surface area contributed by atoms with Crippen LogP contribution in [-0.4, -0.2) is 49.7 Å². The van der Waals surface area contributed by atoms with Gasteiger partial charge in [0.2, 0.25) is 5.91 Å². The molecule has 0 bridgehead atoms. The Bertz CT molecular complexity index is 217. The van der Waals surface area contributed by atoms with E-state index in [4.69, 9.17) is 4.74 Å². The Morgan fingerprint density at radius 3 is 2.50 bits per heavy atom. The van der Waals surface area contributed by atoms with E-state index in [0.29, 0.717) is 6.54 Å². The summed E-state index contributed by atoms with van der Waals surface area (Å²) in [6, 6.07) is 0.268. The number of ether oxygens (including phenoxy) is 1. The Balaban J connectivity index is 3.90. The monoisotopic (exact) mass is 230 g/mol. The van der Waals surface area contributed by atoms with Crippen LogP contribution < -0.4 is 5.32 Å². The van der Waals surface area contributed by atoms with Crippen molar-refractivity contribution in [2.24, 2.45) is 0 Å². The molecule has 0 aliphatic rings. The molecular weight excluding hydrogens is 204 g/mol. The number of methoxy groups -OCH3 is 1. The Kier molecular flexibility index (Phi) is 6.60. The van der Waals surface area contributed by atoms with E-state index < -0.39 is 0 Å². The molecule has 1 amide bonds. The van der Waals surface area contributed by atoms with E-state index in [1.807, 2.05) is 27.8 Å². The molecule has 4 nitrogen and oxygen atoms in total. The number of nitrogens with one attached hydrogen (secondary N) is 1. The van der Waals surface area contributed by atoms with Crippen LogP contribution in [0.25, 0.3) is 0 Å². The van der Waals surface area contributed by atoms with Gasteiger partial charge >= 0.3 is 0 Å². The summed E-state index contributed by atoms with van der Waals surface area (Å²) in [5, 5.41) is 3.22. The van der Waals surface area contributed by atoms with Crippen LogP contribution in [0, 0.1) is 0 Å². The number of likely N-dealkylation sites (N-methyl/N-ethyl adjacent to an activating group) is 1. The molecule has 16 heavy (non-hydrogen) atoms. The second kappa shape index (κ2) is 6.86. The number of nitrogens with zero attached hydrogens (tertiary/aromatic N) is 1. The molecule has 1 unspecified atom stereocenters. The Morgan fingerprint density at radius 2 is 2.06 bits per heavy atom. The molecule has 0 rings (SSSR count). The minimum Gasteiger partial charge on any atom is -0.379 e. The number of amides is 1. The summed E-state index contributed by atoms with van der Waals surface area (Å²) in [6.07, 6.45) is 0.882. The van der Waals surface area contributed by atoms with Gasteiger partial charge in [-0.2, -0.15) is 0 Å². The molecule has 0 spiro atoms. The zero-order chi connectivity index (χ0) is 12.8. The Labute approximate surface area is 99.3 Å². The second-order valence-electron chi connectivity index (χ2n) is 4.86. The predicted octanol–water partition coefficient (Wildman–Crippen LogP) is 1.26. The third-order valence-electron chi connectivity index (χ3n) is 2.85. The van der Waals surface area contributed by atoms with Gasteiger partial charge in [-0.05, 0) is 34.1 Å². The van der Waals surface area contributed by atoms with Crippen LogP contribution >= 0.6 is 0 Å². The summed E-state index contributed by atoms with van der Waals surface area (Å²) in [5.41, 5.74) is -0.147. The molecule has 0 aromatic rings. The second-order valence-corrected chi connectivity index (χ2v) is 4.86. The average Bonchev–Trinajstić information content (AvgIpc) is 2.24. The molecule has 1 atom stereocenters. The van der Waals surface area contributed by atoms with E-state index in [1.165, 1.54) is 0 Å². The summed E-state index contributed by atoms with van der Waals surface area (Å²) in [6.45, 7) is 9.27. The van der Waals surface area contributed by atoms with Crippen molar-refractivity contribution < 1.29 is 9.53 Å². The minimum atomic E-state index is -0.147. The van der Waals surface area contributed by atoms with Crippen LogP contribution in [0.2, 0.25) is 0 Å². The number of rotatable bonds is 7. The standard InChI is InChI=1S/C12H26N2O2/c1-7-14(5)11(15)9-13-10(2)8-12(3,4)16-6/h10,13H,7-9H2,1-6H3. The van der Waals surface area contributed by atoms with Crippen LogP contribution in [0.15, 0.2) is 0 Å². The fraction of sp³-hybridized carbons (Fsp3) is 0.917. The first kappa shape index (κ1) is 15.4. The van der Waals surface area contributed by atoms with Crippen molar-refractivity contribution in [2.45, 2.75) is 45.8 Å². The van der Waals surface area contributed by atoms with Gasteiger partial charge in [-0.25, -0.2) is 0 Å². The van der Waals surface area contributed by atoms with Crippen LogP contribution in [0.4, 0.5) is 0 Å². The number of carbonyl (C=O) groups excluding carboxylic acids is 1. The lowest BCUT2D eigenvalue weighted by Gasteiger charge is -2.27. The van der Waals surface area contributed by atoms with E-state index in [0.717, 1.165) is 13.0 Å². The molecular formula is C12H26N2O2. The van der Waals surface area contributed by atoms with E-state index in [2.05, 4.69) is 12.2 Å². The Morgan fingerprint density at radius 1 is 1.50 bits per heavy atom. The first-order valence-corrected chi connectivity index (χ1v) is 5.85. The lowest BCUT2D eigenvalue weighted by molar-refractivity contribution is -0.128. The van der Waals surface area contributed by atoms with Crippen molar-refractivity contribution >= 4 is 5.91 Å². The fourth-order valence-electron chi connectivity index (χ4n) is 1.47. The Hall–Kier alpha value is -0.610. The molecule has 0 aliphatic carbocycles. The van der Waals surface area contributed by atoms with Crippen LogP contribution in [0.5, 0.6) is 0 Å². The van der Waals surface area contributed by atoms with E-state index in [1.54, 1.807) is 12.0 Å². The molecule has 4 heteroatoms. The van der Waals surface area contributed by atoms with Crippen molar-refractivity contribution in [3.8, 4) is 0 Å². The smallest absolute Gasteiger partial charge is 0.236 e. The highest BCUT2D eigenvalue weighted by molar-refractivity contribution is 5.77. The molecule has 0 saturated carbocycles. The van der Waals surface area contributed by atoms with Crippen molar-refractivity contribution in [1.29, 1.82) is 0 Å². The molecule has 0 radical (unpaired) electrons. The summed E-state index contributed by atoms with van der Waals surface area (Å²) in [5.74, 6) is 0.129. The van der Waals surface area contributed by atoms with Gasteiger partial charge in [0.15, 0.2) is 0 Å². The maximum absolute atomic E-state index is 11.5. The maximum Gasteiger partial charge on any atom is 0.236 e. The summed E-state index contributed by atoms with van der Waals surface area (Å²) in [4.78, 5) is 13.3. The van der Waals surface area contributed by atoms with Crippen LogP contribution in [0.3, 0.4) is 0 Å². The molecule has 0 fully saturated rings. The van der Waals surface area contributed by atoms with Crippen LogP contribution in [0.1, 0.15) is 34.1 Å². The SMILES string of the molecule is CCN(C)C(=O)CNC(C)CC(C)(C)OC. The fourth-order valence-corrected chi connectivity index (χ4v) is 1.47. The summed E-state index contributed by atoms with van der Waals surface area (Å²) >= 11 is 0. The zero-order valence-corrected chi connectivity index (χ0v) is 11.5. The van der Waals surface area contributed by atoms with Crippen molar-refractivity contribution in [1.82, 2.24) is 10.2 Å². The summed E-state index contributed by atoms with van der Waals surface area (Å²) < 4.78 is 5.35. The van der Waals surface area contributed by atoms with Gasteiger partial charge in [-0.15, -0.1) is 0 Å². The first-order valence-electron chi connectivity index (χ1n) is 5.85. The van der Waals surface area contributed by atoms with Gasteiger partial charge in [-0.1, -0.05) is 0 Å². The first-order chi connectivity index (χ1) is 7.32. The average molecular weight is 230 g/mol. The molecule has 96 valence electrons. The molecule has 0 aromatic carbocycles. The highest BCUT2D eigenvalue weighted by atomic mass is 16.5. The third kappa shape index (κ3) is 6.08. The molecule has 0 heterocycles. The third-order valence-corrected chi connectivity index (χ3v) is 2.85. The van der Waals surface area contributed by atoms with E-state index in [9.17, 15) is 4.79 Å². The number of hydrogen-bond acceptors (Lipinski definition) is 3. The van der Waals surface area contributed by atoms with Crippen molar-refractivity contribution in [2.75, 3.05) is 27.2 Å². The van der Waals surface area contributed by atoms with Gasteiger partial charge < -0.3 is 15.0 Å². The van der Waals surface area contributed by atoms with E-state index >= 15 is 0 Å². The predicted molar refractivity (Wildman–Crippen MR) is 66.5 cm³/mol. The van der Waals surface area contributed by atoms with Gasteiger partial charge in [-0.3, -0.25) is 4.79 Å². The maximum atomic E-state index is 11.5. The van der Waals surface area contributed by atoms with Crippen molar-refractivity contribution in [3.05, 3.63) is 0 Å². The molecule has 0 aliphatic heterocycles. The lowest BCUT2D eigenvalue weighted by atomic mass is 10.00. The zero-order valence-electron chi connectivity index (χ0n) is 11.5. The molecule has 1 N–H and O–H groups in total. The lowest BCUT2D eigenvalue weighted by Crippen LogP contribution is -2.41.